The lowest BCUT2D eigenvalue weighted by molar-refractivity contribution is 0.245. The third-order valence-electron chi connectivity index (χ3n) is 3.74. The standard InChI is InChI=1S/C20H27BrO2/c1-15(2)23-20-11-10-19(22-13-7-5-4-6-12-21)18-14-16(3)8-9-17(18)20/h8-11,14-15H,4-7,12-13H2,1-3H3. The molecule has 2 aromatic rings. The maximum absolute atomic E-state index is 6.05. The van der Waals surface area contributed by atoms with Gasteiger partial charge in [-0.2, -0.15) is 0 Å². The zero-order valence-electron chi connectivity index (χ0n) is 14.4. The lowest BCUT2D eigenvalue weighted by Gasteiger charge is -2.16. The van der Waals surface area contributed by atoms with Crippen molar-refractivity contribution >= 4 is 26.7 Å². The van der Waals surface area contributed by atoms with Crippen LogP contribution >= 0.6 is 15.9 Å². The summed E-state index contributed by atoms with van der Waals surface area (Å²) in [5.74, 6) is 1.89. The Labute approximate surface area is 148 Å². The fraction of sp³-hybridized carbons (Fsp3) is 0.500. The molecule has 0 radical (unpaired) electrons. The van der Waals surface area contributed by atoms with Crippen molar-refractivity contribution in [1.82, 2.24) is 0 Å². The van der Waals surface area contributed by atoms with Gasteiger partial charge in [0, 0.05) is 16.1 Å². The smallest absolute Gasteiger partial charge is 0.127 e. The molecule has 2 nitrogen and oxygen atoms in total. The third kappa shape index (κ3) is 5.42. The maximum Gasteiger partial charge on any atom is 0.127 e. The average Bonchev–Trinajstić information content (AvgIpc) is 2.51. The van der Waals surface area contributed by atoms with Gasteiger partial charge in [-0.1, -0.05) is 46.5 Å². The lowest BCUT2D eigenvalue weighted by Crippen LogP contribution is -2.06. The molecule has 0 heterocycles. The predicted molar refractivity (Wildman–Crippen MR) is 102 cm³/mol. The molecule has 2 rings (SSSR count). The number of halogens is 1. The maximum atomic E-state index is 6.05. The van der Waals surface area contributed by atoms with E-state index >= 15 is 0 Å². The van der Waals surface area contributed by atoms with Crippen LogP contribution in [0.25, 0.3) is 10.8 Å². The molecule has 0 aliphatic heterocycles. The highest BCUT2D eigenvalue weighted by Crippen LogP contribution is 2.34. The zero-order valence-corrected chi connectivity index (χ0v) is 16.0. The van der Waals surface area contributed by atoms with Crippen LogP contribution in [0.1, 0.15) is 45.1 Å². The van der Waals surface area contributed by atoms with Crippen LogP contribution in [0, 0.1) is 6.92 Å². The van der Waals surface area contributed by atoms with E-state index in [2.05, 4.69) is 54.9 Å². The molecule has 2 aromatic carbocycles. The fourth-order valence-corrected chi connectivity index (χ4v) is 3.02. The molecule has 3 heteroatoms. The van der Waals surface area contributed by atoms with Crippen molar-refractivity contribution in [2.75, 3.05) is 11.9 Å². The van der Waals surface area contributed by atoms with Crippen LogP contribution in [0.4, 0.5) is 0 Å². The molecule has 0 fully saturated rings. The van der Waals surface area contributed by atoms with Crippen molar-refractivity contribution in [2.24, 2.45) is 0 Å². The molecule has 126 valence electrons. The lowest BCUT2D eigenvalue weighted by atomic mass is 10.1. The molecule has 0 aliphatic rings. The summed E-state index contributed by atoms with van der Waals surface area (Å²) < 4.78 is 12.0. The minimum Gasteiger partial charge on any atom is -0.493 e. The second kappa shape index (κ2) is 9.17. The summed E-state index contributed by atoms with van der Waals surface area (Å²) in [6.07, 6.45) is 4.99. The molecular weight excluding hydrogens is 352 g/mol. The van der Waals surface area contributed by atoms with E-state index in [4.69, 9.17) is 9.47 Å². The largest absolute Gasteiger partial charge is 0.493 e. The van der Waals surface area contributed by atoms with Crippen molar-refractivity contribution in [3.63, 3.8) is 0 Å². The molecule has 0 aliphatic carbocycles. The van der Waals surface area contributed by atoms with Gasteiger partial charge in [0.05, 0.1) is 12.7 Å². The number of rotatable bonds is 9. The van der Waals surface area contributed by atoms with E-state index in [-0.39, 0.29) is 6.10 Å². The first-order valence-electron chi connectivity index (χ1n) is 8.50. The number of benzene rings is 2. The van der Waals surface area contributed by atoms with Gasteiger partial charge in [-0.25, -0.2) is 0 Å². The number of fused-ring (bicyclic) bond motifs is 1. The van der Waals surface area contributed by atoms with Gasteiger partial charge in [0.25, 0.3) is 0 Å². The topological polar surface area (TPSA) is 18.5 Å². The monoisotopic (exact) mass is 378 g/mol. The summed E-state index contributed by atoms with van der Waals surface area (Å²) in [7, 11) is 0. The summed E-state index contributed by atoms with van der Waals surface area (Å²) in [5, 5.41) is 3.36. The minimum atomic E-state index is 0.167. The number of ether oxygens (including phenoxy) is 2. The van der Waals surface area contributed by atoms with E-state index in [9.17, 15) is 0 Å². The highest BCUT2D eigenvalue weighted by atomic mass is 79.9. The normalized spacial score (nSPS) is 11.2. The summed E-state index contributed by atoms with van der Waals surface area (Å²) in [6, 6.07) is 10.5. The van der Waals surface area contributed by atoms with Gasteiger partial charge in [-0.15, -0.1) is 0 Å². The second-order valence-corrected chi connectivity index (χ2v) is 7.02. The van der Waals surface area contributed by atoms with Gasteiger partial charge in [0.15, 0.2) is 0 Å². The van der Waals surface area contributed by atoms with Gasteiger partial charge in [-0.3, -0.25) is 0 Å². The Balaban J connectivity index is 2.12. The van der Waals surface area contributed by atoms with Gasteiger partial charge in [-0.05, 0) is 51.8 Å². The predicted octanol–water partition coefficient (Wildman–Crippen LogP) is 6.27. The van der Waals surface area contributed by atoms with Gasteiger partial charge >= 0.3 is 0 Å². The second-order valence-electron chi connectivity index (χ2n) is 6.23. The highest BCUT2D eigenvalue weighted by molar-refractivity contribution is 9.09. The van der Waals surface area contributed by atoms with E-state index < -0.39 is 0 Å². The first-order chi connectivity index (χ1) is 11.1. The van der Waals surface area contributed by atoms with Crippen LogP contribution in [-0.4, -0.2) is 18.0 Å². The van der Waals surface area contributed by atoms with Crippen LogP contribution in [0.5, 0.6) is 11.5 Å². The number of hydrogen-bond donors (Lipinski definition) is 0. The van der Waals surface area contributed by atoms with Crippen LogP contribution < -0.4 is 9.47 Å². The minimum absolute atomic E-state index is 0.167. The molecule has 0 unspecified atom stereocenters. The number of unbranched alkanes of at least 4 members (excludes halogenated alkanes) is 3. The molecule has 0 bridgehead atoms. The Morgan fingerprint density at radius 2 is 1.65 bits per heavy atom. The molecule has 23 heavy (non-hydrogen) atoms. The van der Waals surface area contributed by atoms with E-state index in [1.165, 1.54) is 24.8 Å². The van der Waals surface area contributed by atoms with Crippen molar-refractivity contribution in [3.05, 3.63) is 35.9 Å². The highest BCUT2D eigenvalue weighted by Gasteiger charge is 2.09. The number of hydrogen-bond acceptors (Lipinski definition) is 2. The quantitative estimate of drug-likeness (QED) is 0.378. The molecule has 0 aromatic heterocycles. The van der Waals surface area contributed by atoms with E-state index in [1.54, 1.807) is 0 Å². The summed E-state index contributed by atoms with van der Waals surface area (Å²) in [5.41, 5.74) is 1.24. The molecule has 0 spiro atoms. The molecule has 0 saturated heterocycles. The average molecular weight is 379 g/mol. The van der Waals surface area contributed by atoms with E-state index in [0.717, 1.165) is 40.6 Å². The molecular formula is C20H27BrO2. The molecule has 0 N–H and O–H groups in total. The number of aryl methyl sites for hydroxylation is 1. The van der Waals surface area contributed by atoms with E-state index in [1.807, 2.05) is 12.1 Å². The molecule has 0 saturated carbocycles. The fourth-order valence-electron chi connectivity index (χ4n) is 2.62. The Hall–Kier alpha value is -1.22. The van der Waals surface area contributed by atoms with Gasteiger partial charge in [0.1, 0.15) is 11.5 Å². The first kappa shape index (κ1) is 18.1. The zero-order chi connectivity index (χ0) is 16.7. The summed E-state index contributed by atoms with van der Waals surface area (Å²) in [4.78, 5) is 0. The SMILES string of the molecule is Cc1ccc2c(OC(C)C)ccc(OCCCCCCBr)c2c1. The van der Waals surface area contributed by atoms with E-state index in [0.29, 0.717) is 0 Å². The Morgan fingerprint density at radius 1 is 0.913 bits per heavy atom. The summed E-state index contributed by atoms with van der Waals surface area (Å²) in [6.45, 7) is 6.99. The first-order valence-corrected chi connectivity index (χ1v) is 9.62. The Bertz CT molecular complexity index is 622. The van der Waals surface area contributed by atoms with Gasteiger partial charge < -0.3 is 9.47 Å². The van der Waals surface area contributed by atoms with Gasteiger partial charge in [0.2, 0.25) is 0 Å². The molecule has 0 atom stereocenters. The van der Waals surface area contributed by atoms with Crippen molar-refractivity contribution in [1.29, 1.82) is 0 Å². The van der Waals surface area contributed by atoms with Crippen LogP contribution in [0.3, 0.4) is 0 Å². The molecule has 0 amide bonds. The van der Waals surface area contributed by atoms with Crippen LogP contribution in [0.15, 0.2) is 30.3 Å². The van der Waals surface area contributed by atoms with Crippen molar-refractivity contribution < 1.29 is 9.47 Å². The van der Waals surface area contributed by atoms with Crippen molar-refractivity contribution in [3.8, 4) is 11.5 Å². The van der Waals surface area contributed by atoms with Crippen LogP contribution in [0.2, 0.25) is 0 Å². The summed E-state index contributed by atoms with van der Waals surface area (Å²) >= 11 is 3.47. The third-order valence-corrected chi connectivity index (χ3v) is 4.30. The Morgan fingerprint density at radius 3 is 2.39 bits per heavy atom. The Kier molecular flexibility index (Phi) is 7.22. The number of alkyl halides is 1. The van der Waals surface area contributed by atoms with Crippen molar-refractivity contribution in [2.45, 2.75) is 52.6 Å². The van der Waals surface area contributed by atoms with Crippen LogP contribution in [-0.2, 0) is 0 Å².